The van der Waals surface area contributed by atoms with E-state index >= 15 is 0 Å². The van der Waals surface area contributed by atoms with Crippen LogP contribution in [0.15, 0.2) is 19.8 Å². The zero-order valence-electron chi connectivity index (χ0n) is 6.72. The summed E-state index contributed by atoms with van der Waals surface area (Å²) in [6, 6.07) is 0. The average Bonchev–Trinajstić information content (AvgIpc) is 2.58. The summed E-state index contributed by atoms with van der Waals surface area (Å²) in [6.45, 7) is 3.58. The highest BCUT2D eigenvalue weighted by atomic mass is 16.6. The number of aryl methyl sites for hydroxylation is 1. The van der Waals surface area contributed by atoms with Crippen molar-refractivity contribution in [1.82, 2.24) is 10.3 Å². The number of azo groups is 1. The smallest absolute Gasteiger partial charge is 0.210 e. The van der Waals surface area contributed by atoms with Gasteiger partial charge in [-0.1, -0.05) is 10.3 Å². The molecule has 1 atom stereocenters. The molecule has 0 aromatic carbocycles. The highest BCUT2D eigenvalue weighted by Crippen LogP contribution is 2.23. The molecule has 6 heteroatoms. The fraction of sp³-hybridized carbons (Fsp3) is 0.500. The summed E-state index contributed by atoms with van der Waals surface area (Å²) >= 11 is 0. The molecular weight excluding hydrogens is 158 g/mol. The van der Waals surface area contributed by atoms with Crippen LogP contribution in [0.5, 0.6) is 0 Å². The standard InChI is InChI=1S/C6H7N5O/c1-3-5(11-12-10-3)6-7-4(2)8-9-6/h6H,1-2H3/t6-/m0/s1. The van der Waals surface area contributed by atoms with Gasteiger partial charge >= 0.3 is 0 Å². The Hall–Kier alpha value is -1.59. The molecule has 0 spiro atoms. The molecule has 6 nitrogen and oxygen atoms in total. The predicted octanol–water partition coefficient (Wildman–Crippen LogP) is 1.26. The molecule has 1 aliphatic heterocycles. The van der Waals surface area contributed by atoms with Gasteiger partial charge in [-0.25, -0.2) is 9.62 Å². The predicted molar refractivity (Wildman–Crippen MR) is 39.7 cm³/mol. The lowest BCUT2D eigenvalue weighted by molar-refractivity contribution is 0.299. The van der Waals surface area contributed by atoms with Crippen LogP contribution < -0.4 is 0 Å². The van der Waals surface area contributed by atoms with Crippen molar-refractivity contribution in [3.05, 3.63) is 11.4 Å². The maximum absolute atomic E-state index is 4.52. The summed E-state index contributed by atoms with van der Waals surface area (Å²) in [5.74, 6) is 0.655. The summed E-state index contributed by atoms with van der Waals surface area (Å²) in [6.07, 6.45) is -0.351. The zero-order chi connectivity index (χ0) is 8.55. The van der Waals surface area contributed by atoms with Gasteiger partial charge in [-0.3, -0.25) is 0 Å². The number of hydrogen-bond donors (Lipinski definition) is 0. The molecule has 12 heavy (non-hydrogen) atoms. The Kier molecular flexibility index (Phi) is 1.46. The van der Waals surface area contributed by atoms with Gasteiger partial charge in [0.15, 0.2) is 5.69 Å². The maximum Gasteiger partial charge on any atom is 0.210 e. The highest BCUT2D eigenvalue weighted by Gasteiger charge is 2.20. The molecule has 0 N–H and O–H groups in total. The number of aliphatic imine (C=N–C) groups is 1. The molecule has 0 saturated heterocycles. The van der Waals surface area contributed by atoms with Gasteiger partial charge in [0, 0.05) is 0 Å². The minimum atomic E-state index is -0.351. The SMILES string of the molecule is CC1=N[C@H](c2nonc2C)N=N1. The van der Waals surface area contributed by atoms with Crippen LogP contribution in [0.25, 0.3) is 0 Å². The summed E-state index contributed by atoms with van der Waals surface area (Å²) < 4.78 is 4.52. The average molecular weight is 165 g/mol. The van der Waals surface area contributed by atoms with Crippen LogP contribution in [0.1, 0.15) is 24.5 Å². The van der Waals surface area contributed by atoms with Crippen LogP contribution in [-0.4, -0.2) is 16.1 Å². The van der Waals surface area contributed by atoms with Crippen molar-refractivity contribution in [3.8, 4) is 0 Å². The molecule has 0 saturated carbocycles. The van der Waals surface area contributed by atoms with Gasteiger partial charge in [-0.15, -0.1) is 5.11 Å². The normalized spacial score (nSPS) is 21.5. The van der Waals surface area contributed by atoms with E-state index in [1.165, 1.54) is 0 Å². The first-order valence-electron chi connectivity index (χ1n) is 3.51. The lowest BCUT2D eigenvalue weighted by Gasteiger charge is -1.94. The number of hydrogen-bond acceptors (Lipinski definition) is 6. The minimum Gasteiger partial charge on any atom is -0.244 e. The fourth-order valence-corrected chi connectivity index (χ4v) is 0.955. The lowest BCUT2D eigenvalue weighted by atomic mass is 10.3. The van der Waals surface area contributed by atoms with E-state index in [1.807, 2.05) is 0 Å². The van der Waals surface area contributed by atoms with Crippen LogP contribution in [0.4, 0.5) is 0 Å². The Morgan fingerprint density at radius 1 is 1.25 bits per heavy atom. The van der Waals surface area contributed by atoms with E-state index in [4.69, 9.17) is 0 Å². The molecule has 0 radical (unpaired) electrons. The van der Waals surface area contributed by atoms with E-state index in [2.05, 4.69) is 30.2 Å². The Morgan fingerprint density at radius 2 is 2.08 bits per heavy atom. The lowest BCUT2D eigenvalue weighted by Crippen LogP contribution is -1.92. The summed E-state index contributed by atoms with van der Waals surface area (Å²) in [4.78, 5) is 4.11. The second-order valence-electron chi connectivity index (χ2n) is 2.50. The molecule has 0 unspecified atom stereocenters. The second-order valence-corrected chi connectivity index (χ2v) is 2.50. The summed E-state index contributed by atoms with van der Waals surface area (Å²) in [7, 11) is 0. The number of rotatable bonds is 1. The van der Waals surface area contributed by atoms with Gasteiger partial charge in [-0.2, -0.15) is 5.11 Å². The first-order chi connectivity index (χ1) is 5.77. The van der Waals surface area contributed by atoms with Gasteiger partial charge in [0.1, 0.15) is 11.5 Å². The monoisotopic (exact) mass is 165 g/mol. The first kappa shape index (κ1) is 7.08. The summed E-state index contributed by atoms with van der Waals surface area (Å²) in [5.41, 5.74) is 1.34. The van der Waals surface area contributed by atoms with E-state index in [0.29, 0.717) is 17.2 Å². The molecule has 0 amide bonds. The Labute approximate surface area is 68.4 Å². The molecule has 1 aromatic rings. The van der Waals surface area contributed by atoms with Gasteiger partial charge < -0.3 is 0 Å². The van der Waals surface area contributed by atoms with E-state index in [1.54, 1.807) is 13.8 Å². The van der Waals surface area contributed by atoms with Crippen molar-refractivity contribution >= 4 is 5.84 Å². The number of aromatic nitrogens is 2. The molecular formula is C6H7N5O. The molecule has 1 aliphatic rings. The quantitative estimate of drug-likeness (QED) is 0.628. The number of amidine groups is 1. The van der Waals surface area contributed by atoms with Crippen molar-refractivity contribution in [2.24, 2.45) is 15.2 Å². The van der Waals surface area contributed by atoms with E-state index in [-0.39, 0.29) is 6.17 Å². The van der Waals surface area contributed by atoms with Crippen molar-refractivity contribution in [3.63, 3.8) is 0 Å². The molecule has 2 heterocycles. The molecule has 2 rings (SSSR count). The Morgan fingerprint density at radius 3 is 2.58 bits per heavy atom. The topological polar surface area (TPSA) is 76.0 Å². The van der Waals surface area contributed by atoms with Crippen LogP contribution in [0, 0.1) is 6.92 Å². The molecule has 62 valence electrons. The minimum absolute atomic E-state index is 0.351. The highest BCUT2D eigenvalue weighted by molar-refractivity contribution is 5.81. The third kappa shape index (κ3) is 1.01. The summed E-state index contributed by atoms with van der Waals surface area (Å²) in [5, 5.41) is 15.0. The molecule has 0 fully saturated rings. The Bertz CT molecular complexity index is 353. The van der Waals surface area contributed by atoms with E-state index in [9.17, 15) is 0 Å². The van der Waals surface area contributed by atoms with Gasteiger partial charge in [-0.05, 0) is 13.8 Å². The Balaban J connectivity index is 2.34. The maximum atomic E-state index is 4.52. The van der Waals surface area contributed by atoms with Crippen molar-refractivity contribution in [1.29, 1.82) is 0 Å². The third-order valence-electron chi connectivity index (χ3n) is 1.55. The molecule has 0 aliphatic carbocycles. The molecule has 1 aromatic heterocycles. The fourth-order valence-electron chi connectivity index (χ4n) is 0.955. The van der Waals surface area contributed by atoms with Crippen LogP contribution in [-0.2, 0) is 0 Å². The van der Waals surface area contributed by atoms with Crippen molar-refractivity contribution in [2.75, 3.05) is 0 Å². The largest absolute Gasteiger partial charge is 0.244 e. The third-order valence-corrected chi connectivity index (χ3v) is 1.55. The van der Waals surface area contributed by atoms with Gasteiger partial charge in [0.05, 0.1) is 0 Å². The van der Waals surface area contributed by atoms with E-state index in [0.717, 1.165) is 0 Å². The van der Waals surface area contributed by atoms with E-state index < -0.39 is 0 Å². The molecule has 0 bridgehead atoms. The van der Waals surface area contributed by atoms with Crippen LogP contribution in [0.2, 0.25) is 0 Å². The second kappa shape index (κ2) is 2.47. The van der Waals surface area contributed by atoms with Gasteiger partial charge in [0.25, 0.3) is 0 Å². The van der Waals surface area contributed by atoms with Crippen molar-refractivity contribution in [2.45, 2.75) is 20.0 Å². The number of nitrogens with zero attached hydrogens (tertiary/aromatic N) is 5. The van der Waals surface area contributed by atoms with Crippen LogP contribution >= 0.6 is 0 Å². The van der Waals surface area contributed by atoms with Crippen LogP contribution in [0.3, 0.4) is 0 Å². The first-order valence-corrected chi connectivity index (χ1v) is 3.51. The van der Waals surface area contributed by atoms with Gasteiger partial charge in [0.2, 0.25) is 6.17 Å². The van der Waals surface area contributed by atoms with Crippen molar-refractivity contribution < 1.29 is 4.63 Å². The zero-order valence-corrected chi connectivity index (χ0v) is 6.72.